The molecule has 1 rings (SSSR count). The topological polar surface area (TPSA) is 35.8 Å². The van der Waals surface area contributed by atoms with Gasteiger partial charge in [-0.15, -0.1) is 0 Å². The lowest BCUT2D eigenvalue weighted by atomic mass is 10.1. The first-order valence-corrected chi connectivity index (χ1v) is 6.65. The van der Waals surface area contributed by atoms with Gasteiger partial charge >= 0.3 is 0 Å². The van der Waals surface area contributed by atoms with Crippen LogP contribution in [-0.4, -0.2) is 17.5 Å². The number of rotatable bonds is 5. The molecule has 0 saturated carbocycles. The molecule has 17 heavy (non-hydrogen) atoms. The average Bonchev–Trinajstić information content (AvgIpc) is 2.28. The molecule has 92 valence electrons. The Hall–Kier alpha value is -1.05. The summed E-state index contributed by atoms with van der Waals surface area (Å²) in [7, 11) is 0. The van der Waals surface area contributed by atoms with Crippen molar-refractivity contribution in [1.82, 2.24) is 5.32 Å². The standard InChI is InChI=1S/C13H17FN2S/c1-13(2,17-3)9-16-8-11-4-10(7-15)5-12(14)6-11/h4-6,16H,8-9H2,1-3H3. The predicted octanol–water partition coefficient (Wildman–Crippen LogP) is 2.93. The monoisotopic (exact) mass is 252 g/mol. The first kappa shape index (κ1) is 14.0. The summed E-state index contributed by atoms with van der Waals surface area (Å²) in [6.07, 6.45) is 2.07. The zero-order valence-electron chi connectivity index (χ0n) is 10.4. The van der Waals surface area contributed by atoms with Gasteiger partial charge in [0.1, 0.15) is 5.82 Å². The van der Waals surface area contributed by atoms with Crippen molar-refractivity contribution >= 4 is 11.8 Å². The van der Waals surface area contributed by atoms with E-state index in [4.69, 9.17) is 5.26 Å². The molecule has 0 heterocycles. The zero-order valence-corrected chi connectivity index (χ0v) is 11.2. The second kappa shape index (κ2) is 6.04. The van der Waals surface area contributed by atoms with Gasteiger partial charge in [-0.25, -0.2) is 4.39 Å². The zero-order chi connectivity index (χ0) is 12.9. The van der Waals surface area contributed by atoms with Gasteiger partial charge in [-0.2, -0.15) is 17.0 Å². The van der Waals surface area contributed by atoms with Crippen LogP contribution < -0.4 is 5.32 Å². The smallest absolute Gasteiger partial charge is 0.124 e. The molecule has 2 nitrogen and oxygen atoms in total. The van der Waals surface area contributed by atoms with Gasteiger partial charge in [0, 0.05) is 17.8 Å². The maximum atomic E-state index is 13.2. The highest BCUT2D eigenvalue weighted by Crippen LogP contribution is 2.19. The summed E-state index contributed by atoms with van der Waals surface area (Å²) in [5.74, 6) is -0.357. The minimum absolute atomic E-state index is 0.158. The summed E-state index contributed by atoms with van der Waals surface area (Å²) in [5, 5.41) is 12.0. The number of nitrogens with zero attached hydrogens (tertiary/aromatic N) is 1. The van der Waals surface area contributed by atoms with Crippen molar-refractivity contribution in [2.45, 2.75) is 25.1 Å². The van der Waals surface area contributed by atoms with Gasteiger partial charge < -0.3 is 5.32 Å². The molecule has 1 N–H and O–H groups in total. The lowest BCUT2D eigenvalue weighted by Gasteiger charge is -2.22. The van der Waals surface area contributed by atoms with E-state index in [9.17, 15) is 4.39 Å². The van der Waals surface area contributed by atoms with Gasteiger partial charge in [-0.3, -0.25) is 0 Å². The van der Waals surface area contributed by atoms with Crippen LogP contribution in [0.25, 0.3) is 0 Å². The van der Waals surface area contributed by atoms with Crippen LogP contribution in [0, 0.1) is 17.1 Å². The van der Waals surface area contributed by atoms with E-state index < -0.39 is 0 Å². The molecule has 0 aliphatic heterocycles. The van der Waals surface area contributed by atoms with Crippen molar-refractivity contribution in [2.24, 2.45) is 0 Å². The Labute approximate surface area is 106 Å². The van der Waals surface area contributed by atoms with Crippen molar-refractivity contribution in [3.63, 3.8) is 0 Å². The summed E-state index contributed by atoms with van der Waals surface area (Å²) >= 11 is 1.78. The lowest BCUT2D eigenvalue weighted by Crippen LogP contribution is -2.31. The first-order valence-electron chi connectivity index (χ1n) is 5.42. The Morgan fingerprint density at radius 1 is 1.41 bits per heavy atom. The predicted molar refractivity (Wildman–Crippen MR) is 70.4 cm³/mol. The maximum Gasteiger partial charge on any atom is 0.124 e. The van der Waals surface area contributed by atoms with E-state index in [-0.39, 0.29) is 10.6 Å². The average molecular weight is 252 g/mol. The molecule has 0 amide bonds. The molecule has 1 aromatic rings. The highest BCUT2D eigenvalue weighted by molar-refractivity contribution is 7.99. The highest BCUT2D eigenvalue weighted by atomic mass is 32.2. The third-order valence-corrected chi connectivity index (χ3v) is 3.77. The Kier molecular flexibility index (Phi) is 4.98. The quantitative estimate of drug-likeness (QED) is 0.875. The normalized spacial score (nSPS) is 11.2. The van der Waals surface area contributed by atoms with Crippen LogP contribution in [-0.2, 0) is 6.54 Å². The van der Waals surface area contributed by atoms with Gasteiger partial charge in [-0.1, -0.05) is 0 Å². The number of hydrogen-bond acceptors (Lipinski definition) is 3. The number of halogens is 1. The molecule has 0 aliphatic carbocycles. The fourth-order valence-electron chi connectivity index (χ4n) is 1.40. The summed E-state index contributed by atoms with van der Waals surface area (Å²) < 4.78 is 13.3. The summed E-state index contributed by atoms with van der Waals surface area (Å²) in [6, 6.07) is 6.37. The Bertz CT molecular complexity index is 424. The molecule has 0 aromatic heterocycles. The van der Waals surface area contributed by atoms with E-state index in [2.05, 4.69) is 25.4 Å². The molecule has 0 spiro atoms. The van der Waals surface area contributed by atoms with Gasteiger partial charge in [0.05, 0.1) is 11.6 Å². The number of nitrogens with one attached hydrogen (secondary N) is 1. The van der Waals surface area contributed by atoms with Crippen molar-refractivity contribution in [2.75, 3.05) is 12.8 Å². The van der Waals surface area contributed by atoms with Gasteiger partial charge in [0.2, 0.25) is 0 Å². The van der Waals surface area contributed by atoms with Gasteiger partial charge in [0.25, 0.3) is 0 Å². The molecule has 0 unspecified atom stereocenters. The SMILES string of the molecule is CSC(C)(C)CNCc1cc(F)cc(C#N)c1. The minimum atomic E-state index is -0.357. The van der Waals surface area contributed by atoms with E-state index in [1.165, 1.54) is 12.1 Å². The molecule has 4 heteroatoms. The van der Waals surface area contributed by atoms with Crippen LogP contribution in [0.5, 0.6) is 0 Å². The van der Waals surface area contributed by atoms with Crippen molar-refractivity contribution in [3.8, 4) is 6.07 Å². The third-order valence-electron chi connectivity index (χ3n) is 2.52. The van der Waals surface area contributed by atoms with Crippen LogP contribution in [0.4, 0.5) is 4.39 Å². The number of benzene rings is 1. The van der Waals surface area contributed by atoms with E-state index in [0.29, 0.717) is 12.1 Å². The fourth-order valence-corrected chi connectivity index (χ4v) is 1.64. The maximum absolute atomic E-state index is 13.2. The number of thioether (sulfide) groups is 1. The molecule has 0 aliphatic rings. The van der Waals surface area contributed by atoms with E-state index in [0.717, 1.165) is 12.1 Å². The summed E-state index contributed by atoms with van der Waals surface area (Å²) in [5.41, 5.74) is 1.17. The second-order valence-corrected chi connectivity index (χ2v) is 6.04. The van der Waals surface area contributed by atoms with Crippen LogP contribution in [0.15, 0.2) is 18.2 Å². The highest BCUT2D eigenvalue weighted by Gasteiger charge is 2.14. The molecular formula is C13H17FN2S. The van der Waals surface area contributed by atoms with E-state index in [1.807, 2.05) is 6.07 Å². The van der Waals surface area contributed by atoms with E-state index >= 15 is 0 Å². The van der Waals surface area contributed by atoms with Crippen molar-refractivity contribution < 1.29 is 4.39 Å². The molecule has 0 saturated heterocycles. The van der Waals surface area contributed by atoms with Crippen LogP contribution in [0.2, 0.25) is 0 Å². The lowest BCUT2D eigenvalue weighted by molar-refractivity contribution is 0.585. The van der Waals surface area contributed by atoms with Crippen LogP contribution >= 0.6 is 11.8 Å². The molecule has 0 bridgehead atoms. The summed E-state index contributed by atoms with van der Waals surface area (Å²) in [6.45, 7) is 5.72. The number of hydrogen-bond donors (Lipinski definition) is 1. The van der Waals surface area contributed by atoms with Gasteiger partial charge in [-0.05, 0) is 43.9 Å². The Morgan fingerprint density at radius 3 is 2.71 bits per heavy atom. The number of nitriles is 1. The van der Waals surface area contributed by atoms with Crippen molar-refractivity contribution in [3.05, 3.63) is 35.1 Å². The molecular weight excluding hydrogens is 235 g/mol. The Balaban J connectivity index is 2.58. The molecule has 0 radical (unpaired) electrons. The second-order valence-electron chi connectivity index (χ2n) is 4.53. The molecule has 0 fully saturated rings. The third kappa shape index (κ3) is 4.76. The fraction of sp³-hybridized carbons (Fsp3) is 0.462. The van der Waals surface area contributed by atoms with E-state index in [1.54, 1.807) is 17.8 Å². The van der Waals surface area contributed by atoms with Crippen LogP contribution in [0.1, 0.15) is 25.0 Å². The largest absolute Gasteiger partial charge is 0.311 e. The summed E-state index contributed by atoms with van der Waals surface area (Å²) in [4.78, 5) is 0. The van der Waals surface area contributed by atoms with Crippen molar-refractivity contribution in [1.29, 1.82) is 5.26 Å². The Morgan fingerprint density at radius 2 is 2.12 bits per heavy atom. The first-order chi connectivity index (χ1) is 7.96. The molecule has 1 aromatic carbocycles. The minimum Gasteiger partial charge on any atom is -0.311 e. The van der Waals surface area contributed by atoms with Gasteiger partial charge in [0.15, 0.2) is 0 Å². The van der Waals surface area contributed by atoms with Crippen LogP contribution in [0.3, 0.4) is 0 Å². The molecule has 0 atom stereocenters.